The lowest BCUT2D eigenvalue weighted by atomic mass is 10.1. The Morgan fingerprint density at radius 3 is 2.59 bits per heavy atom. The number of nitriles is 1. The normalized spacial score (nSPS) is 11.2. The van der Waals surface area contributed by atoms with E-state index in [0.29, 0.717) is 30.3 Å². The first kappa shape index (κ1) is 15.8. The van der Waals surface area contributed by atoms with E-state index in [1.807, 2.05) is 26.8 Å². The predicted molar refractivity (Wildman–Crippen MR) is 82.9 cm³/mol. The lowest BCUT2D eigenvalue weighted by molar-refractivity contribution is 0.290. The molecule has 0 atom stereocenters. The molecule has 0 amide bonds. The van der Waals surface area contributed by atoms with Crippen molar-refractivity contribution < 1.29 is 4.74 Å². The zero-order valence-corrected chi connectivity index (χ0v) is 13.3. The number of ether oxygens (including phenoxy) is 1. The molecule has 0 spiro atoms. The number of rotatable bonds is 4. The van der Waals surface area contributed by atoms with E-state index < -0.39 is 0 Å². The number of para-hydroxylation sites is 1. The third-order valence-corrected chi connectivity index (χ3v) is 3.26. The van der Waals surface area contributed by atoms with Gasteiger partial charge >= 0.3 is 5.69 Å². The second-order valence-corrected chi connectivity index (χ2v) is 6.02. The molecule has 1 heterocycles. The molecule has 2 rings (SSSR count). The van der Waals surface area contributed by atoms with Crippen LogP contribution in [0, 0.1) is 18.3 Å². The van der Waals surface area contributed by atoms with Crippen molar-refractivity contribution >= 4 is 0 Å². The molecule has 2 aromatic rings. The van der Waals surface area contributed by atoms with E-state index in [9.17, 15) is 4.79 Å². The van der Waals surface area contributed by atoms with E-state index in [1.165, 1.54) is 4.68 Å². The van der Waals surface area contributed by atoms with Crippen molar-refractivity contribution in [3.8, 4) is 11.8 Å². The van der Waals surface area contributed by atoms with Gasteiger partial charge in [-0.3, -0.25) is 4.57 Å². The van der Waals surface area contributed by atoms with Crippen LogP contribution >= 0.6 is 0 Å². The van der Waals surface area contributed by atoms with Crippen molar-refractivity contribution in [3.05, 3.63) is 46.1 Å². The second kappa shape index (κ2) is 6.06. The van der Waals surface area contributed by atoms with Gasteiger partial charge < -0.3 is 4.74 Å². The summed E-state index contributed by atoms with van der Waals surface area (Å²) in [6.45, 7) is 8.29. The van der Waals surface area contributed by atoms with Gasteiger partial charge in [-0.15, -0.1) is 0 Å². The van der Waals surface area contributed by atoms with Crippen LogP contribution in [0.4, 0.5) is 0 Å². The largest absolute Gasteiger partial charge is 0.490 e. The molecular weight excluding hydrogens is 280 g/mol. The van der Waals surface area contributed by atoms with Crippen LogP contribution in [-0.4, -0.2) is 21.0 Å². The quantitative estimate of drug-likeness (QED) is 0.866. The first-order chi connectivity index (χ1) is 10.3. The van der Waals surface area contributed by atoms with Crippen LogP contribution in [0.2, 0.25) is 0 Å². The van der Waals surface area contributed by atoms with Crippen LogP contribution in [-0.2, 0) is 12.1 Å². The Balaban J connectivity index is 2.12. The Morgan fingerprint density at radius 2 is 2.00 bits per heavy atom. The number of hydrogen-bond acceptors (Lipinski definition) is 4. The second-order valence-electron chi connectivity index (χ2n) is 6.02. The molecule has 1 aromatic heterocycles. The highest BCUT2D eigenvalue weighted by Crippen LogP contribution is 2.16. The molecule has 0 aliphatic heterocycles. The number of nitrogens with zero attached hydrogens (tertiary/aromatic N) is 4. The van der Waals surface area contributed by atoms with Crippen LogP contribution in [0.5, 0.6) is 5.75 Å². The number of aryl methyl sites for hydroxylation is 1. The molecule has 0 radical (unpaired) electrons. The lowest BCUT2D eigenvalue weighted by Crippen LogP contribution is -2.36. The van der Waals surface area contributed by atoms with Gasteiger partial charge in [0.2, 0.25) is 0 Å². The number of aromatic nitrogens is 3. The topological polar surface area (TPSA) is 72.8 Å². The van der Waals surface area contributed by atoms with Gasteiger partial charge in [0.25, 0.3) is 0 Å². The van der Waals surface area contributed by atoms with Gasteiger partial charge in [-0.1, -0.05) is 12.1 Å². The van der Waals surface area contributed by atoms with Crippen LogP contribution in [0.3, 0.4) is 0 Å². The number of hydrogen-bond donors (Lipinski definition) is 0. The summed E-state index contributed by atoms with van der Waals surface area (Å²) < 4.78 is 8.68. The zero-order valence-electron chi connectivity index (χ0n) is 13.3. The Hall–Kier alpha value is -2.55. The molecule has 1 aromatic carbocycles. The average Bonchev–Trinajstić information content (AvgIpc) is 2.75. The summed E-state index contributed by atoms with van der Waals surface area (Å²) in [7, 11) is 0. The van der Waals surface area contributed by atoms with Crippen molar-refractivity contribution in [1.82, 2.24) is 14.3 Å². The molecule has 6 nitrogen and oxygen atoms in total. The molecule has 0 bridgehead atoms. The third-order valence-electron chi connectivity index (χ3n) is 3.26. The molecule has 0 aliphatic rings. The van der Waals surface area contributed by atoms with Gasteiger partial charge in [0.1, 0.15) is 24.3 Å². The fourth-order valence-corrected chi connectivity index (χ4v) is 2.12. The summed E-state index contributed by atoms with van der Waals surface area (Å²) in [5.74, 6) is 1.18. The van der Waals surface area contributed by atoms with E-state index in [1.54, 1.807) is 29.7 Å². The predicted octanol–water partition coefficient (Wildman–Crippen LogP) is 2.06. The van der Waals surface area contributed by atoms with E-state index in [-0.39, 0.29) is 11.2 Å². The molecule has 116 valence electrons. The molecular formula is C16H20N4O2. The minimum atomic E-state index is -0.360. The summed E-state index contributed by atoms with van der Waals surface area (Å²) in [4.78, 5) is 12.4. The van der Waals surface area contributed by atoms with E-state index in [2.05, 4.69) is 11.2 Å². The molecule has 0 saturated heterocycles. The summed E-state index contributed by atoms with van der Waals surface area (Å²) in [5, 5.41) is 13.3. The van der Waals surface area contributed by atoms with Gasteiger partial charge in [0.05, 0.1) is 17.6 Å². The van der Waals surface area contributed by atoms with Gasteiger partial charge in [-0.2, -0.15) is 10.4 Å². The fraction of sp³-hybridized carbons (Fsp3) is 0.438. The summed E-state index contributed by atoms with van der Waals surface area (Å²) in [6.07, 6.45) is 0. The molecule has 0 N–H and O–H groups in total. The minimum absolute atomic E-state index is 0.151. The van der Waals surface area contributed by atoms with Crippen molar-refractivity contribution in [2.75, 3.05) is 6.61 Å². The first-order valence-corrected chi connectivity index (χ1v) is 7.13. The Bertz CT molecular complexity index is 760. The van der Waals surface area contributed by atoms with E-state index in [0.717, 1.165) is 0 Å². The van der Waals surface area contributed by atoms with Crippen LogP contribution in [0.25, 0.3) is 0 Å². The van der Waals surface area contributed by atoms with Crippen LogP contribution in [0.15, 0.2) is 29.1 Å². The van der Waals surface area contributed by atoms with Crippen LogP contribution in [0.1, 0.15) is 32.2 Å². The SMILES string of the molecule is Cc1nn(C(C)(C)C)c(=O)n1CCOc1ccccc1C#N. The van der Waals surface area contributed by atoms with E-state index in [4.69, 9.17) is 10.00 Å². The highest BCUT2D eigenvalue weighted by Gasteiger charge is 2.20. The van der Waals surface area contributed by atoms with Crippen molar-refractivity contribution in [2.24, 2.45) is 0 Å². The third kappa shape index (κ3) is 3.19. The van der Waals surface area contributed by atoms with Crippen molar-refractivity contribution in [3.63, 3.8) is 0 Å². The van der Waals surface area contributed by atoms with Gasteiger partial charge in [-0.05, 0) is 39.8 Å². The van der Waals surface area contributed by atoms with Crippen LogP contribution < -0.4 is 10.4 Å². The smallest absolute Gasteiger partial charge is 0.346 e. The average molecular weight is 300 g/mol. The first-order valence-electron chi connectivity index (χ1n) is 7.13. The molecule has 22 heavy (non-hydrogen) atoms. The maximum Gasteiger partial charge on any atom is 0.346 e. The summed E-state index contributed by atoms with van der Waals surface area (Å²) in [6, 6.07) is 9.12. The van der Waals surface area contributed by atoms with Gasteiger partial charge in [-0.25, -0.2) is 9.48 Å². The van der Waals surface area contributed by atoms with Crippen molar-refractivity contribution in [1.29, 1.82) is 5.26 Å². The molecule has 0 aliphatic carbocycles. The van der Waals surface area contributed by atoms with E-state index >= 15 is 0 Å². The maximum atomic E-state index is 12.4. The fourth-order valence-electron chi connectivity index (χ4n) is 2.12. The highest BCUT2D eigenvalue weighted by molar-refractivity contribution is 5.42. The maximum absolute atomic E-state index is 12.4. The van der Waals surface area contributed by atoms with Crippen molar-refractivity contribution in [2.45, 2.75) is 39.8 Å². The highest BCUT2D eigenvalue weighted by atomic mass is 16.5. The molecule has 0 unspecified atom stereocenters. The zero-order chi connectivity index (χ0) is 16.3. The Morgan fingerprint density at radius 1 is 1.32 bits per heavy atom. The van der Waals surface area contributed by atoms with Gasteiger partial charge in [0.15, 0.2) is 0 Å². The molecule has 0 saturated carbocycles. The standard InChI is InChI=1S/C16H20N4O2/c1-12-18-20(16(2,3)4)15(21)19(12)9-10-22-14-8-6-5-7-13(14)11-17/h5-8H,9-10H2,1-4H3. The summed E-state index contributed by atoms with van der Waals surface area (Å²) >= 11 is 0. The number of benzene rings is 1. The molecule has 0 fully saturated rings. The Kier molecular flexibility index (Phi) is 4.36. The molecule has 6 heteroatoms. The summed E-state index contributed by atoms with van der Waals surface area (Å²) in [5.41, 5.74) is -0.0272. The minimum Gasteiger partial charge on any atom is -0.490 e. The monoisotopic (exact) mass is 300 g/mol. The van der Waals surface area contributed by atoms with Gasteiger partial charge in [0, 0.05) is 0 Å². The Labute approximate surface area is 129 Å². The lowest BCUT2D eigenvalue weighted by Gasteiger charge is -2.16.